The van der Waals surface area contributed by atoms with Crippen LogP contribution >= 0.6 is 0 Å². The van der Waals surface area contributed by atoms with Crippen molar-refractivity contribution in [2.24, 2.45) is 0 Å². The summed E-state index contributed by atoms with van der Waals surface area (Å²) in [7, 11) is 1.64. The van der Waals surface area contributed by atoms with Crippen molar-refractivity contribution < 1.29 is 9.53 Å². The van der Waals surface area contributed by atoms with Gasteiger partial charge in [0.2, 0.25) is 5.91 Å². The van der Waals surface area contributed by atoms with Gasteiger partial charge in [-0.25, -0.2) is 0 Å². The number of fused-ring (bicyclic) bond motifs is 1. The molecule has 1 amide bonds. The van der Waals surface area contributed by atoms with Crippen molar-refractivity contribution in [2.45, 2.75) is 6.92 Å². The maximum atomic E-state index is 11.2. The summed E-state index contributed by atoms with van der Waals surface area (Å²) in [6.45, 7) is 1.49. The van der Waals surface area contributed by atoms with E-state index in [1.807, 2.05) is 54.6 Å². The Bertz CT molecular complexity index is 1120. The van der Waals surface area contributed by atoms with Crippen LogP contribution in [-0.2, 0) is 4.79 Å². The first-order valence-corrected chi connectivity index (χ1v) is 8.51. The van der Waals surface area contributed by atoms with Gasteiger partial charge in [-0.15, -0.1) is 0 Å². The number of aromatic amines is 1. The average molecular weight is 358 g/mol. The molecule has 0 aliphatic carbocycles. The van der Waals surface area contributed by atoms with E-state index in [9.17, 15) is 4.79 Å². The van der Waals surface area contributed by atoms with Crippen LogP contribution in [0.25, 0.3) is 33.4 Å². The highest BCUT2D eigenvalue weighted by molar-refractivity contribution is 6.02. The Balaban J connectivity index is 1.84. The van der Waals surface area contributed by atoms with Gasteiger partial charge < -0.3 is 10.1 Å². The van der Waals surface area contributed by atoms with E-state index in [4.69, 9.17) is 4.74 Å². The van der Waals surface area contributed by atoms with Crippen molar-refractivity contribution in [1.29, 1.82) is 0 Å². The summed E-state index contributed by atoms with van der Waals surface area (Å²) in [4.78, 5) is 15.8. The Morgan fingerprint density at radius 2 is 1.85 bits per heavy atom. The van der Waals surface area contributed by atoms with Crippen LogP contribution in [0.4, 0.5) is 5.69 Å². The molecule has 0 fully saturated rings. The minimum absolute atomic E-state index is 0.0990. The fourth-order valence-electron chi connectivity index (χ4n) is 3.08. The standard InChI is InChI=1S/C21H18N4O2/c1-13(26)23-16-8-6-14(7-9-16)20-19-18(10-11-22-20)24-25-21(19)15-4-3-5-17(12-15)27-2/h3-12H,1-2H3,(H,23,26)(H,24,25). The van der Waals surface area contributed by atoms with Crippen LogP contribution in [0.2, 0.25) is 0 Å². The zero-order valence-corrected chi connectivity index (χ0v) is 15.0. The summed E-state index contributed by atoms with van der Waals surface area (Å²) >= 11 is 0. The number of carbonyl (C=O) groups excluding carboxylic acids is 1. The fourth-order valence-corrected chi connectivity index (χ4v) is 3.08. The number of hydrogen-bond donors (Lipinski definition) is 2. The van der Waals surface area contributed by atoms with Crippen molar-refractivity contribution in [3.05, 3.63) is 60.8 Å². The zero-order chi connectivity index (χ0) is 18.8. The molecule has 4 aromatic rings. The molecular formula is C21H18N4O2. The second-order valence-electron chi connectivity index (χ2n) is 6.14. The number of amides is 1. The molecule has 0 spiro atoms. The molecule has 0 saturated heterocycles. The van der Waals surface area contributed by atoms with Gasteiger partial charge in [-0.1, -0.05) is 24.3 Å². The molecule has 0 atom stereocenters. The van der Waals surface area contributed by atoms with Crippen LogP contribution in [0.3, 0.4) is 0 Å². The van der Waals surface area contributed by atoms with Gasteiger partial charge in [0, 0.05) is 29.9 Å². The summed E-state index contributed by atoms with van der Waals surface area (Å²) in [6, 6.07) is 17.3. The number of H-pyrrole nitrogens is 1. The molecule has 2 N–H and O–H groups in total. The second kappa shape index (κ2) is 6.92. The van der Waals surface area contributed by atoms with E-state index in [0.29, 0.717) is 0 Å². The van der Waals surface area contributed by atoms with Crippen molar-refractivity contribution in [3.8, 4) is 28.3 Å². The number of ether oxygens (including phenoxy) is 1. The Morgan fingerprint density at radius 1 is 1.04 bits per heavy atom. The molecule has 0 aliphatic rings. The van der Waals surface area contributed by atoms with Crippen LogP contribution in [0.5, 0.6) is 5.75 Å². The smallest absolute Gasteiger partial charge is 0.221 e. The molecule has 0 saturated carbocycles. The lowest BCUT2D eigenvalue weighted by Gasteiger charge is -2.07. The highest BCUT2D eigenvalue weighted by Crippen LogP contribution is 2.34. The number of anilines is 1. The van der Waals surface area contributed by atoms with Gasteiger partial charge >= 0.3 is 0 Å². The molecule has 2 heterocycles. The first-order chi connectivity index (χ1) is 13.2. The molecule has 2 aromatic heterocycles. The van der Waals surface area contributed by atoms with Gasteiger partial charge in [0.05, 0.1) is 23.7 Å². The van der Waals surface area contributed by atoms with E-state index in [1.54, 1.807) is 13.3 Å². The maximum Gasteiger partial charge on any atom is 0.221 e. The SMILES string of the molecule is COc1cccc(-c2n[nH]c3ccnc(-c4ccc(NC(C)=O)cc4)c23)c1. The molecular weight excluding hydrogens is 340 g/mol. The van der Waals surface area contributed by atoms with Gasteiger partial charge in [-0.3, -0.25) is 14.9 Å². The third-order valence-corrected chi connectivity index (χ3v) is 4.30. The Kier molecular flexibility index (Phi) is 4.30. The van der Waals surface area contributed by atoms with Gasteiger partial charge in [-0.2, -0.15) is 5.10 Å². The summed E-state index contributed by atoms with van der Waals surface area (Å²) < 4.78 is 5.34. The fraction of sp³-hybridized carbons (Fsp3) is 0.0952. The van der Waals surface area contributed by atoms with Gasteiger partial charge in [0.25, 0.3) is 0 Å². The van der Waals surface area contributed by atoms with E-state index >= 15 is 0 Å². The number of methoxy groups -OCH3 is 1. The third-order valence-electron chi connectivity index (χ3n) is 4.30. The lowest BCUT2D eigenvalue weighted by molar-refractivity contribution is -0.114. The predicted molar refractivity (Wildman–Crippen MR) is 106 cm³/mol. The van der Waals surface area contributed by atoms with Gasteiger partial charge in [-0.05, 0) is 30.3 Å². The van der Waals surface area contributed by atoms with Crippen molar-refractivity contribution in [2.75, 3.05) is 12.4 Å². The molecule has 0 bridgehead atoms. The Labute approximate surface area is 156 Å². The van der Waals surface area contributed by atoms with Crippen LogP contribution in [0.15, 0.2) is 60.8 Å². The summed E-state index contributed by atoms with van der Waals surface area (Å²) in [5, 5.41) is 11.3. The maximum absolute atomic E-state index is 11.2. The number of carbonyl (C=O) groups is 1. The molecule has 134 valence electrons. The monoisotopic (exact) mass is 358 g/mol. The molecule has 6 heteroatoms. The van der Waals surface area contributed by atoms with Crippen molar-refractivity contribution >= 4 is 22.5 Å². The quantitative estimate of drug-likeness (QED) is 0.571. The topological polar surface area (TPSA) is 79.9 Å². The number of benzene rings is 2. The molecule has 0 aliphatic heterocycles. The minimum Gasteiger partial charge on any atom is -0.497 e. The second-order valence-corrected chi connectivity index (χ2v) is 6.14. The van der Waals surface area contributed by atoms with E-state index in [0.717, 1.165) is 44.9 Å². The number of nitrogens with zero attached hydrogens (tertiary/aromatic N) is 2. The number of hydrogen-bond acceptors (Lipinski definition) is 4. The predicted octanol–water partition coefficient (Wildman–Crippen LogP) is 4.26. The van der Waals surface area contributed by atoms with Crippen molar-refractivity contribution in [1.82, 2.24) is 15.2 Å². The number of pyridine rings is 1. The van der Waals surface area contributed by atoms with Crippen LogP contribution in [0, 0.1) is 0 Å². The third kappa shape index (κ3) is 3.25. The molecule has 0 unspecified atom stereocenters. The summed E-state index contributed by atoms with van der Waals surface area (Å²) in [6.07, 6.45) is 1.76. The molecule has 2 aromatic carbocycles. The molecule has 4 rings (SSSR count). The average Bonchev–Trinajstić information content (AvgIpc) is 3.12. The Morgan fingerprint density at radius 3 is 2.59 bits per heavy atom. The highest BCUT2D eigenvalue weighted by Gasteiger charge is 2.15. The largest absolute Gasteiger partial charge is 0.497 e. The van der Waals surface area contributed by atoms with Gasteiger partial charge in [0.15, 0.2) is 0 Å². The van der Waals surface area contributed by atoms with E-state index in [2.05, 4.69) is 20.5 Å². The zero-order valence-electron chi connectivity index (χ0n) is 15.0. The van der Waals surface area contributed by atoms with E-state index < -0.39 is 0 Å². The molecule has 0 radical (unpaired) electrons. The summed E-state index contributed by atoms with van der Waals surface area (Å²) in [5.74, 6) is 0.673. The number of aromatic nitrogens is 3. The van der Waals surface area contributed by atoms with E-state index in [-0.39, 0.29) is 5.91 Å². The first-order valence-electron chi connectivity index (χ1n) is 8.51. The first kappa shape index (κ1) is 16.8. The normalized spacial score (nSPS) is 10.7. The minimum atomic E-state index is -0.0990. The van der Waals surface area contributed by atoms with Crippen LogP contribution < -0.4 is 10.1 Å². The molecule has 27 heavy (non-hydrogen) atoms. The van der Waals surface area contributed by atoms with Gasteiger partial charge in [0.1, 0.15) is 11.4 Å². The lowest BCUT2D eigenvalue weighted by atomic mass is 10.0. The number of rotatable bonds is 4. The van der Waals surface area contributed by atoms with E-state index in [1.165, 1.54) is 6.92 Å². The van der Waals surface area contributed by atoms with Crippen molar-refractivity contribution in [3.63, 3.8) is 0 Å². The number of nitrogens with one attached hydrogen (secondary N) is 2. The van der Waals surface area contributed by atoms with Crippen LogP contribution in [0.1, 0.15) is 6.92 Å². The summed E-state index contributed by atoms with van der Waals surface area (Å²) in [5.41, 5.74) is 5.19. The Hall–Kier alpha value is -3.67. The lowest BCUT2D eigenvalue weighted by Crippen LogP contribution is -2.05. The van der Waals surface area contributed by atoms with Crippen LogP contribution in [-0.4, -0.2) is 28.2 Å². The molecule has 6 nitrogen and oxygen atoms in total. The highest BCUT2D eigenvalue weighted by atomic mass is 16.5.